The number of anilines is 1. The van der Waals surface area contributed by atoms with Gasteiger partial charge in [-0.2, -0.15) is 0 Å². The number of benzene rings is 1. The smallest absolute Gasteiger partial charge is 0.232 e. The second-order valence-electron chi connectivity index (χ2n) is 8.07. The van der Waals surface area contributed by atoms with Crippen LogP contribution in [0.5, 0.6) is 0 Å². The Hall–Kier alpha value is -1.84. The van der Waals surface area contributed by atoms with Crippen molar-refractivity contribution in [2.24, 2.45) is 5.92 Å². The summed E-state index contributed by atoms with van der Waals surface area (Å²) in [5.41, 5.74) is 3.71. The fraction of sp³-hybridized carbons (Fsp3) is 0.600. The van der Waals surface area contributed by atoms with Gasteiger partial charge in [0.2, 0.25) is 11.8 Å². The second kappa shape index (κ2) is 6.23. The predicted octanol–water partition coefficient (Wildman–Crippen LogP) is 3.13. The lowest BCUT2D eigenvalue weighted by molar-refractivity contribution is -0.128. The first-order valence-electron chi connectivity index (χ1n) is 9.04. The van der Waals surface area contributed by atoms with Crippen molar-refractivity contribution in [3.8, 4) is 0 Å². The fourth-order valence-electron chi connectivity index (χ4n) is 3.74. The number of carbonyl (C=O) groups is 2. The van der Waals surface area contributed by atoms with Gasteiger partial charge in [0.1, 0.15) is 0 Å². The molecular weight excluding hydrogens is 300 g/mol. The summed E-state index contributed by atoms with van der Waals surface area (Å²) in [4.78, 5) is 28.7. The van der Waals surface area contributed by atoms with Crippen LogP contribution in [0.25, 0.3) is 0 Å². The Labute approximate surface area is 144 Å². The van der Waals surface area contributed by atoms with Gasteiger partial charge in [0.25, 0.3) is 0 Å². The van der Waals surface area contributed by atoms with Crippen LogP contribution in [-0.4, -0.2) is 36.3 Å². The van der Waals surface area contributed by atoms with Crippen molar-refractivity contribution >= 4 is 17.5 Å². The highest BCUT2D eigenvalue weighted by Crippen LogP contribution is 2.34. The van der Waals surface area contributed by atoms with Gasteiger partial charge < -0.3 is 9.80 Å². The van der Waals surface area contributed by atoms with Crippen molar-refractivity contribution in [3.05, 3.63) is 29.3 Å². The minimum atomic E-state index is -0.183. The van der Waals surface area contributed by atoms with E-state index < -0.39 is 0 Å². The molecule has 2 aliphatic heterocycles. The third kappa shape index (κ3) is 3.06. The molecule has 3 rings (SSSR count). The molecule has 0 radical (unpaired) electrons. The molecule has 1 atom stereocenters. The van der Waals surface area contributed by atoms with E-state index in [0.29, 0.717) is 13.0 Å². The predicted molar refractivity (Wildman–Crippen MR) is 96.2 cm³/mol. The molecule has 1 saturated heterocycles. The second-order valence-corrected chi connectivity index (χ2v) is 8.07. The first-order chi connectivity index (χ1) is 11.3. The molecule has 2 aliphatic rings. The molecular formula is C20H28N2O2. The number of rotatable bonds is 3. The van der Waals surface area contributed by atoms with E-state index in [2.05, 4.69) is 45.9 Å². The first-order valence-corrected chi connectivity index (χ1v) is 9.04. The molecule has 2 heterocycles. The molecule has 2 amide bonds. The van der Waals surface area contributed by atoms with Gasteiger partial charge in [-0.1, -0.05) is 39.8 Å². The summed E-state index contributed by atoms with van der Waals surface area (Å²) in [6.07, 6.45) is 2.21. The van der Waals surface area contributed by atoms with Crippen LogP contribution in [-0.2, 0) is 21.4 Å². The van der Waals surface area contributed by atoms with Crippen LogP contribution in [0.3, 0.4) is 0 Å². The number of fused-ring (bicyclic) bond motifs is 1. The van der Waals surface area contributed by atoms with Crippen molar-refractivity contribution in [2.75, 3.05) is 24.5 Å². The van der Waals surface area contributed by atoms with E-state index in [1.165, 1.54) is 11.1 Å². The van der Waals surface area contributed by atoms with E-state index in [4.69, 9.17) is 0 Å². The number of amides is 2. The van der Waals surface area contributed by atoms with Gasteiger partial charge in [0.05, 0.1) is 5.92 Å². The van der Waals surface area contributed by atoms with Crippen LogP contribution in [0.15, 0.2) is 18.2 Å². The van der Waals surface area contributed by atoms with Crippen molar-refractivity contribution in [2.45, 2.75) is 52.4 Å². The van der Waals surface area contributed by atoms with Crippen LogP contribution >= 0.6 is 0 Å². The zero-order valence-corrected chi connectivity index (χ0v) is 15.3. The van der Waals surface area contributed by atoms with Gasteiger partial charge in [-0.25, -0.2) is 0 Å². The summed E-state index contributed by atoms with van der Waals surface area (Å²) in [6.45, 7) is 10.8. The van der Waals surface area contributed by atoms with Gasteiger partial charge in [-0.15, -0.1) is 0 Å². The molecule has 4 heteroatoms. The number of likely N-dealkylation sites (tertiary alicyclic amines) is 1. The van der Waals surface area contributed by atoms with E-state index >= 15 is 0 Å². The van der Waals surface area contributed by atoms with E-state index in [9.17, 15) is 9.59 Å². The Bertz CT molecular complexity index is 660. The van der Waals surface area contributed by atoms with Gasteiger partial charge in [0.15, 0.2) is 0 Å². The molecule has 0 spiro atoms. The average molecular weight is 328 g/mol. The first kappa shape index (κ1) is 17.0. The van der Waals surface area contributed by atoms with Gasteiger partial charge >= 0.3 is 0 Å². The minimum Gasteiger partial charge on any atom is -0.342 e. The van der Waals surface area contributed by atoms with Crippen molar-refractivity contribution in [1.82, 2.24) is 4.90 Å². The SMILES string of the molecule is CCCN1CC(C(=O)N2CCc3cc(C(C)(C)C)ccc32)CC1=O. The van der Waals surface area contributed by atoms with E-state index in [0.717, 1.165) is 31.6 Å². The Kier molecular flexibility index (Phi) is 4.41. The number of carbonyl (C=O) groups excluding carboxylic acids is 2. The van der Waals surface area contributed by atoms with Crippen LogP contribution < -0.4 is 4.90 Å². The molecule has 1 unspecified atom stereocenters. The molecule has 0 aromatic heterocycles. The zero-order chi connectivity index (χ0) is 17.5. The highest BCUT2D eigenvalue weighted by molar-refractivity contribution is 6.00. The molecule has 1 aromatic carbocycles. The highest BCUT2D eigenvalue weighted by atomic mass is 16.2. The van der Waals surface area contributed by atoms with Crippen LogP contribution in [0, 0.1) is 5.92 Å². The molecule has 1 aromatic rings. The molecule has 24 heavy (non-hydrogen) atoms. The van der Waals surface area contributed by atoms with Crippen LogP contribution in [0.1, 0.15) is 51.7 Å². The zero-order valence-electron chi connectivity index (χ0n) is 15.3. The quantitative estimate of drug-likeness (QED) is 0.855. The van der Waals surface area contributed by atoms with Crippen molar-refractivity contribution < 1.29 is 9.59 Å². The van der Waals surface area contributed by atoms with Crippen molar-refractivity contribution in [1.29, 1.82) is 0 Å². The Morgan fingerprint density at radius 3 is 2.71 bits per heavy atom. The van der Waals surface area contributed by atoms with Crippen molar-refractivity contribution in [3.63, 3.8) is 0 Å². The number of hydrogen-bond acceptors (Lipinski definition) is 2. The lowest BCUT2D eigenvalue weighted by atomic mass is 9.86. The fourth-order valence-corrected chi connectivity index (χ4v) is 3.74. The Morgan fingerprint density at radius 1 is 1.29 bits per heavy atom. The molecule has 4 nitrogen and oxygen atoms in total. The number of hydrogen-bond donors (Lipinski definition) is 0. The Balaban J connectivity index is 1.77. The van der Waals surface area contributed by atoms with Crippen LogP contribution in [0.4, 0.5) is 5.69 Å². The summed E-state index contributed by atoms with van der Waals surface area (Å²) in [7, 11) is 0. The number of nitrogens with zero attached hydrogens (tertiary/aromatic N) is 2. The summed E-state index contributed by atoms with van der Waals surface area (Å²) >= 11 is 0. The normalized spacial score (nSPS) is 20.7. The molecule has 0 aliphatic carbocycles. The maximum atomic E-state index is 12.9. The third-order valence-electron chi connectivity index (χ3n) is 5.16. The highest BCUT2D eigenvalue weighted by Gasteiger charge is 2.38. The average Bonchev–Trinajstić information content (AvgIpc) is 3.10. The maximum Gasteiger partial charge on any atom is 0.232 e. The molecule has 130 valence electrons. The van der Waals surface area contributed by atoms with Gasteiger partial charge in [-0.3, -0.25) is 9.59 Å². The third-order valence-corrected chi connectivity index (χ3v) is 5.16. The summed E-state index contributed by atoms with van der Waals surface area (Å²) in [5.74, 6) is 0.0548. The minimum absolute atomic E-state index is 0.115. The summed E-state index contributed by atoms with van der Waals surface area (Å²) < 4.78 is 0. The van der Waals surface area contributed by atoms with Gasteiger partial charge in [-0.05, 0) is 35.4 Å². The summed E-state index contributed by atoms with van der Waals surface area (Å²) in [5, 5.41) is 0. The lowest BCUT2D eigenvalue weighted by Gasteiger charge is -2.23. The summed E-state index contributed by atoms with van der Waals surface area (Å²) in [6, 6.07) is 6.46. The van der Waals surface area contributed by atoms with E-state index in [-0.39, 0.29) is 23.1 Å². The van der Waals surface area contributed by atoms with E-state index in [1.54, 1.807) is 0 Å². The maximum absolute atomic E-state index is 12.9. The molecule has 0 N–H and O–H groups in total. The van der Waals surface area contributed by atoms with Gasteiger partial charge in [0, 0.05) is 31.7 Å². The molecule has 0 saturated carbocycles. The standard InChI is InChI=1S/C20H28N2O2/c1-5-9-21-13-15(12-18(21)23)19(24)22-10-8-14-11-16(20(2,3)4)6-7-17(14)22/h6-7,11,15H,5,8-10,12-13H2,1-4H3. The topological polar surface area (TPSA) is 40.6 Å². The largest absolute Gasteiger partial charge is 0.342 e. The monoisotopic (exact) mass is 328 g/mol. The molecule has 1 fully saturated rings. The van der Waals surface area contributed by atoms with Crippen LogP contribution in [0.2, 0.25) is 0 Å². The molecule has 0 bridgehead atoms. The Morgan fingerprint density at radius 2 is 2.04 bits per heavy atom. The lowest BCUT2D eigenvalue weighted by Crippen LogP contribution is -2.36. The van der Waals surface area contributed by atoms with E-state index in [1.807, 2.05) is 9.80 Å².